The van der Waals surface area contributed by atoms with Gasteiger partial charge in [-0.3, -0.25) is 9.67 Å². The first-order valence-electron chi connectivity index (χ1n) is 12.1. The lowest BCUT2D eigenvalue weighted by molar-refractivity contribution is 0.00715. The number of ether oxygens (including phenoxy) is 2. The van der Waals surface area contributed by atoms with Crippen LogP contribution in [0.15, 0.2) is 85.3 Å². The number of carbonyl (C=O) groups is 1. The molecule has 5 aromatic rings. The van der Waals surface area contributed by atoms with Crippen LogP contribution in [0.5, 0.6) is 5.75 Å². The average Bonchev–Trinajstić information content (AvgIpc) is 3.28. The van der Waals surface area contributed by atoms with E-state index in [0.717, 1.165) is 33.3 Å². The lowest BCUT2D eigenvalue weighted by atomic mass is 10.0. The number of benzene rings is 2. The van der Waals surface area contributed by atoms with Gasteiger partial charge in [0, 0.05) is 42.2 Å². The van der Waals surface area contributed by atoms with E-state index in [9.17, 15) is 4.79 Å². The highest BCUT2D eigenvalue weighted by molar-refractivity contribution is 6.03. The molecule has 0 bridgehead atoms. The average molecular weight is 493 g/mol. The van der Waals surface area contributed by atoms with Crippen LogP contribution in [0.25, 0.3) is 33.3 Å². The van der Waals surface area contributed by atoms with Crippen molar-refractivity contribution < 1.29 is 14.3 Å². The van der Waals surface area contributed by atoms with Gasteiger partial charge in [0.15, 0.2) is 0 Å². The number of esters is 1. The largest absolute Gasteiger partial charge is 0.487 e. The highest BCUT2D eigenvalue weighted by Crippen LogP contribution is 2.31. The summed E-state index contributed by atoms with van der Waals surface area (Å²) < 4.78 is 13.5. The summed E-state index contributed by atoms with van der Waals surface area (Å²) in [6.45, 7) is 5.78. The minimum Gasteiger partial charge on any atom is -0.487 e. The Morgan fingerprint density at radius 1 is 0.946 bits per heavy atom. The Kier molecular flexibility index (Phi) is 6.44. The van der Waals surface area contributed by atoms with Crippen LogP contribution in [0.3, 0.4) is 0 Å². The van der Waals surface area contributed by atoms with Crippen LogP contribution >= 0.6 is 0 Å². The van der Waals surface area contributed by atoms with Crippen LogP contribution in [0.2, 0.25) is 0 Å². The van der Waals surface area contributed by atoms with E-state index < -0.39 is 5.60 Å². The number of aromatic nitrogens is 4. The molecule has 0 aliphatic rings. The fraction of sp³-hybridized carbons (Fsp3) is 0.200. The van der Waals surface area contributed by atoms with Crippen LogP contribution in [0, 0.1) is 0 Å². The molecule has 7 heteroatoms. The van der Waals surface area contributed by atoms with Crippen molar-refractivity contribution >= 4 is 16.9 Å². The molecule has 0 aliphatic carbocycles. The topological polar surface area (TPSA) is 79.1 Å². The van der Waals surface area contributed by atoms with Gasteiger partial charge in [-0.2, -0.15) is 5.10 Å². The number of fused-ring (bicyclic) bond motifs is 1. The molecular formula is C30H28N4O3. The molecule has 186 valence electrons. The van der Waals surface area contributed by atoms with Crippen molar-refractivity contribution in [2.24, 2.45) is 7.05 Å². The van der Waals surface area contributed by atoms with Crippen molar-refractivity contribution in [1.29, 1.82) is 0 Å². The third-order valence-electron chi connectivity index (χ3n) is 5.72. The van der Waals surface area contributed by atoms with E-state index >= 15 is 0 Å². The van der Waals surface area contributed by atoms with Gasteiger partial charge in [0.1, 0.15) is 23.7 Å². The molecule has 0 radical (unpaired) electrons. The van der Waals surface area contributed by atoms with Gasteiger partial charge in [-0.15, -0.1) is 0 Å². The summed E-state index contributed by atoms with van der Waals surface area (Å²) in [4.78, 5) is 21.7. The van der Waals surface area contributed by atoms with E-state index in [0.29, 0.717) is 17.0 Å². The van der Waals surface area contributed by atoms with E-state index in [1.54, 1.807) is 18.5 Å². The second-order valence-electron chi connectivity index (χ2n) is 9.79. The summed E-state index contributed by atoms with van der Waals surface area (Å²) >= 11 is 0. The molecule has 0 saturated heterocycles. The van der Waals surface area contributed by atoms with Crippen LogP contribution in [-0.4, -0.2) is 31.3 Å². The SMILES string of the molecule is Cn1cc(-c2ccncc2)c(-c2ccc(OCc3cc(C(=O)OC(C)(C)C)c4ccccc4n3)cc2)n1. The Morgan fingerprint density at radius 2 is 1.68 bits per heavy atom. The Morgan fingerprint density at radius 3 is 2.41 bits per heavy atom. The molecule has 7 nitrogen and oxygen atoms in total. The van der Waals surface area contributed by atoms with E-state index in [-0.39, 0.29) is 12.6 Å². The summed E-state index contributed by atoms with van der Waals surface area (Å²) in [6.07, 6.45) is 5.55. The van der Waals surface area contributed by atoms with Crippen molar-refractivity contribution in [3.8, 4) is 28.1 Å². The predicted molar refractivity (Wildman–Crippen MR) is 143 cm³/mol. The maximum absolute atomic E-state index is 12.9. The predicted octanol–water partition coefficient (Wildman–Crippen LogP) is 6.23. The van der Waals surface area contributed by atoms with Crippen molar-refractivity contribution in [1.82, 2.24) is 19.7 Å². The van der Waals surface area contributed by atoms with E-state index in [1.165, 1.54) is 0 Å². The molecule has 0 fully saturated rings. The number of hydrogen-bond donors (Lipinski definition) is 0. The van der Waals surface area contributed by atoms with Gasteiger partial charge in [-0.1, -0.05) is 18.2 Å². The van der Waals surface area contributed by atoms with Gasteiger partial charge in [0.05, 0.1) is 16.8 Å². The van der Waals surface area contributed by atoms with Gasteiger partial charge >= 0.3 is 5.97 Å². The van der Waals surface area contributed by atoms with E-state index in [2.05, 4.69) is 10.1 Å². The fourth-order valence-electron chi connectivity index (χ4n) is 4.12. The Balaban J connectivity index is 1.37. The molecular weight excluding hydrogens is 464 g/mol. The molecule has 0 aliphatic heterocycles. The highest BCUT2D eigenvalue weighted by Gasteiger charge is 2.21. The van der Waals surface area contributed by atoms with Crippen molar-refractivity contribution in [3.63, 3.8) is 0 Å². The summed E-state index contributed by atoms with van der Waals surface area (Å²) in [5.41, 5.74) is 5.22. The Labute approximate surface area is 215 Å². The van der Waals surface area contributed by atoms with Crippen LogP contribution in [-0.2, 0) is 18.4 Å². The van der Waals surface area contributed by atoms with Crippen LogP contribution < -0.4 is 4.74 Å². The van der Waals surface area contributed by atoms with Gasteiger partial charge in [0.25, 0.3) is 0 Å². The number of pyridine rings is 2. The lowest BCUT2D eigenvalue weighted by Gasteiger charge is -2.20. The monoisotopic (exact) mass is 492 g/mol. The third-order valence-corrected chi connectivity index (χ3v) is 5.72. The van der Waals surface area contributed by atoms with Gasteiger partial charge < -0.3 is 9.47 Å². The summed E-state index contributed by atoms with van der Waals surface area (Å²) in [5, 5.41) is 5.42. The number of para-hydroxylation sites is 1. The third kappa shape index (κ3) is 5.51. The highest BCUT2D eigenvalue weighted by atomic mass is 16.6. The van der Waals surface area contributed by atoms with Crippen LogP contribution in [0.4, 0.5) is 0 Å². The quantitative estimate of drug-likeness (QED) is 0.261. The van der Waals surface area contributed by atoms with Crippen molar-refractivity contribution in [2.45, 2.75) is 33.0 Å². The maximum Gasteiger partial charge on any atom is 0.339 e. The zero-order valence-electron chi connectivity index (χ0n) is 21.3. The zero-order chi connectivity index (χ0) is 26.0. The zero-order valence-corrected chi connectivity index (χ0v) is 21.3. The minimum absolute atomic E-state index is 0.214. The first kappa shape index (κ1) is 24.2. The van der Waals surface area contributed by atoms with E-state index in [1.807, 2.05) is 99.4 Å². The molecule has 5 rings (SSSR count). The van der Waals surface area contributed by atoms with Gasteiger partial charge in [-0.25, -0.2) is 9.78 Å². The minimum atomic E-state index is -0.593. The number of carbonyl (C=O) groups excluding carboxylic acids is 1. The van der Waals surface area contributed by atoms with Crippen molar-refractivity contribution in [2.75, 3.05) is 0 Å². The normalized spacial score (nSPS) is 11.5. The summed E-state index contributed by atoms with van der Waals surface area (Å²) in [5.74, 6) is 0.316. The number of aryl methyl sites for hydroxylation is 1. The first-order chi connectivity index (χ1) is 17.8. The molecule has 0 spiro atoms. The maximum atomic E-state index is 12.9. The first-order valence-corrected chi connectivity index (χ1v) is 12.1. The van der Waals surface area contributed by atoms with Gasteiger partial charge in [0.2, 0.25) is 0 Å². The molecule has 0 saturated carbocycles. The van der Waals surface area contributed by atoms with E-state index in [4.69, 9.17) is 14.5 Å². The number of nitrogens with zero attached hydrogens (tertiary/aromatic N) is 4. The molecule has 0 unspecified atom stereocenters. The standard InChI is InChI=1S/C30H28N4O3/c1-30(2,3)37-29(35)25-17-22(32-27-8-6-5-7-24(25)27)19-36-23-11-9-21(10-12-23)28-26(18-34(4)33-28)20-13-15-31-16-14-20/h5-18H,19H2,1-4H3. The van der Waals surface area contributed by atoms with Gasteiger partial charge in [-0.05, 0) is 74.9 Å². The second kappa shape index (κ2) is 9.85. The molecule has 0 atom stereocenters. The molecule has 3 aromatic heterocycles. The summed E-state index contributed by atoms with van der Waals surface area (Å²) in [7, 11) is 1.91. The van der Waals surface area contributed by atoms with Crippen LogP contribution in [0.1, 0.15) is 36.8 Å². The fourth-order valence-corrected chi connectivity index (χ4v) is 4.12. The molecule has 3 heterocycles. The lowest BCUT2D eigenvalue weighted by Crippen LogP contribution is -2.24. The summed E-state index contributed by atoms with van der Waals surface area (Å²) in [6, 6.07) is 21.0. The molecule has 0 N–H and O–H groups in total. The number of hydrogen-bond acceptors (Lipinski definition) is 6. The molecule has 37 heavy (non-hydrogen) atoms. The smallest absolute Gasteiger partial charge is 0.339 e. The van der Waals surface area contributed by atoms with Crippen molar-refractivity contribution in [3.05, 3.63) is 96.6 Å². The molecule has 2 aromatic carbocycles. The molecule has 0 amide bonds. The number of rotatable bonds is 6. The second-order valence-corrected chi connectivity index (χ2v) is 9.79. The Bertz CT molecular complexity index is 1550. The Hall–Kier alpha value is -4.52.